The van der Waals surface area contributed by atoms with Crippen molar-refractivity contribution in [1.29, 1.82) is 0 Å². The lowest BCUT2D eigenvalue weighted by molar-refractivity contribution is 0.132. The maximum atomic E-state index is 5.91. The van der Waals surface area contributed by atoms with E-state index in [1.807, 2.05) is 12.1 Å². The molecule has 0 saturated heterocycles. The molecule has 1 aliphatic carbocycles. The molecule has 158 valence electrons. The fourth-order valence-electron chi connectivity index (χ4n) is 3.28. The predicted octanol–water partition coefficient (Wildman–Crippen LogP) is 4.30. The van der Waals surface area contributed by atoms with Gasteiger partial charge in [-0.25, -0.2) is 9.97 Å². The Morgan fingerprint density at radius 1 is 0.900 bits per heavy atom. The van der Waals surface area contributed by atoms with Crippen LogP contribution in [-0.4, -0.2) is 50.6 Å². The molecule has 0 radical (unpaired) electrons. The number of methoxy groups -OCH3 is 2. The average Bonchev–Trinajstić information content (AvgIpc) is 3.60. The first-order chi connectivity index (χ1) is 14.8. The molecule has 0 spiro atoms. The van der Waals surface area contributed by atoms with E-state index in [-0.39, 0.29) is 0 Å². The van der Waals surface area contributed by atoms with Crippen molar-refractivity contribution in [2.24, 2.45) is 0 Å². The van der Waals surface area contributed by atoms with Gasteiger partial charge < -0.3 is 24.3 Å². The van der Waals surface area contributed by atoms with E-state index in [0.29, 0.717) is 43.8 Å². The van der Waals surface area contributed by atoms with Gasteiger partial charge in [0.05, 0.1) is 18.7 Å². The molecule has 0 atom stereocenters. The summed E-state index contributed by atoms with van der Waals surface area (Å²) in [5, 5.41) is 4.31. The molecular formula is C23H27N3O4. The lowest BCUT2D eigenvalue weighted by atomic mass is 10.1. The topological polar surface area (TPSA) is 74.7 Å². The molecule has 1 saturated carbocycles. The number of fused-ring (bicyclic) bond motifs is 1. The number of hydrogen-bond donors (Lipinski definition) is 1. The minimum Gasteiger partial charge on any atom is -0.487 e. The van der Waals surface area contributed by atoms with E-state index in [1.165, 1.54) is 18.4 Å². The molecule has 1 heterocycles. The van der Waals surface area contributed by atoms with Gasteiger partial charge in [-0.2, -0.15) is 0 Å². The summed E-state index contributed by atoms with van der Waals surface area (Å²) in [4.78, 5) is 8.89. The number of hydrogen-bond acceptors (Lipinski definition) is 7. The van der Waals surface area contributed by atoms with Gasteiger partial charge in [0, 0.05) is 31.4 Å². The molecule has 1 aromatic heterocycles. The average molecular weight is 409 g/mol. The molecule has 30 heavy (non-hydrogen) atoms. The Balaban J connectivity index is 1.64. The van der Waals surface area contributed by atoms with Gasteiger partial charge in [-0.05, 0) is 42.5 Å². The highest BCUT2D eigenvalue weighted by atomic mass is 16.5. The van der Waals surface area contributed by atoms with E-state index in [0.717, 1.165) is 22.4 Å². The summed E-state index contributed by atoms with van der Waals surface area (Å²) >= 11 is 0. The van der Waals surface area contributed by atoms with Crippen LogP contribution < -0.4 is 14.8 Å². The molecule has 1 N–H and O–H groups in total. The van der Waals surface area contributed by atoms with Gasteiger partial charge in [0.15, 0.2) is 11.5 Å². The van der Waals surface area contributed by atoms with Crippen LogP contribution in [-0.2, 0) is 9.47 Å². The summed E-state index contributed by atoms with van der Waals surface area (Å²) < 4.78 is 21.9. The number of nitrogens with zero attached hydrogens (tertiary/aromatic N) is 2. The molecule has 0 amide bonds. The normalized spacial score (nSPS) is 13.4. The lowest BCUT2D eigenvalue weighted by Crippen LogP contribution is -2.09. The van der Waals surface area contributed by atoms with Crippen molar-refractivity contribution >= 4 is 22.4 Å². The molecule has 0 unspecified atom stereocenters. The van der Waals surface area contributed by atoms with E-state index < -0.39 is 0 Å². The van der Waals surface area contributed by atoms with Crippen LogP contribution in [0.15, 0.2) is 42.7 Å². The molecular weight excluding hydrogens is 382 g/mol. The fraction of sp³-hybridized carbons (Fsp3) is 0.391. The second kappa shape index (κ2) is 9.73. The zero-order chi connectivity index (χ0) is 20.8. The maximum absolute atomic E-state index is 5.91. The van der Waals surface area contributed by atoms with Gasteiger partial charge in [-0.15, -0.1) is 0 Å². The molecule has 3 aromatic rings. The van der Waals surface area contributed by atoms with Crippen molar-refractivity contribution in [2.75, 3.05) is 46.0 Å². The highest BCUT2D eigenvalue weighted by Crippen LogP contribution is 2.41. The van der Waals surface area contributed by atoms with Crippen molar-refractivity contribution in [3.8, 4) is 11.5 Å². The third-order valence-corrected chi connectivity index (χ3v) is 4.99. The number of benzene rings is 2. The van der Waals surface area contributed by atoms with E-state index >= 15 is 0 Å². The zero-order valence-electron chi connectivity index (χ0n) is 17.4. The smallest absolute Gasteiger partial charge is 0.163 e. The molecule has 7 nitrogen and oxygen atoms in total. The Morgan fingerprint density at radius 2 is 1.63 bits per heavy atom. The molecule has 4 rings (SSSR count). The highest BCUT2D eigenvalue weighted by Gasteiger charge is 2.23. The molecule has 0 aliphatic heterocycles. The van der Waals surface area contributed by atoms with E-state index in [9.17, 15) is 0 Å². The second-order valence-corrected chi connectivity index (χ2v) is 7.25. The minimum atomic E-state index is 0.419. The molecule has 0 bridgehead atoms. The largest absolute Gasteiger partial charge is 0.487 e. The van der Waals surface area contributed by atoms with Crippen LogP contribution >= 0.6 is 0 Å². The van der Waals surface area contributed by atoms with Crippen LogP contribution in [0.2, 0.25) is 0 Å². The van der Waals surface area contributed by atoms with Crippen LogP contribution in [0, 0.1) is 0 Å². The van der Waals surface area contributed by atoms with E-state index in [1.54, 1.807) is 20.5 Å². The predicted molar refractivity (Wildman–Crippen MR) is 116 cm³/mol. The minimum absolute atomic E-state index is 0.419. The van der Waals surface area contributed by atoms with Gasteiger partial charge in [-0.1, -0.05) is 12.1 Å². The fourth-order valence-corrected chi connectivity index (χ4v) is 3.28. The summed E-state index contributed by atoms with van der Waals surface area (Å²) in [6, 6.07) is 12.3. The van der Waals surface area contributed by atoms with Crippen molar-refractivity contribution in [1.82, 2.24) is 9.97 Å². The van der Waals surface area contributed by atoms with Crippen LogP contribution in [0.25, 0.3) is 10.9 Å². The molecule has 2 aromatic carbocycles. The number of aromatic nitrogens is 2. The first-order valence-electron chi connectivity index (χ1n) is 10.2. The maximum Gasteiger partial charge on any atom is 0.163 e. The summed E-state index contributed by atoms with van der Waals surface area (Å²) in [6.07, 6.45) is 4.10. The van der Waals surface area contributed by atoms with Crippen LogP contribution in [0.5, 0.6) is 11.5 Å². The number of rotatable bonds is 11. The van der Waals surface area contributed by atoms with Crippen LogP contribution in [0.4, 0.5) is 11.5 Å². The first kappa shape index (κ1) is 20.4. The second-order valence-electron chi connectivity index (χ2n) is 7.25. The van der Waals surface area contributed by atoms with Crippen LogP contribution in [0.3, 0.4) is 0 Å². The van der Waals surface area contributed by atoms with Gasteiger partial charge >= 0.3 is 0 Å². The number of anilines is 2. The monoisotopic (exact) mass is 409 g/mol. The van der Waals surface area contributed by atoms with E-state index in [2.05, 4.69) is 39.6 Å². The lowest BCUT2D eigenvalue weighted by Gasteiger charge is -2.15. The van der Waals surface area contributed by atoms with Crippen molar-refractivity contribution < 1.29 is 18.9 Å². The molecule has 7 heteroatoms. The van der Waals surface area contributed by atoms with Gasteiger partial charge in [0.25, 0.3) is 0 Å². The Kier molecular flexibility index (Phi) is 6.61. The highest BCUT2D eigenvalue weighted by molar-refractivity contribution is 5.93. The zero-order valence-corrected chi connectivity index (χ0v) is 17.4. The first-order valence-corrected chi connectivity index (χ1v) is 10.2. The third-order valence-electron chi connectivity index (χ3n) is 4.99. The Morgan fingerprint density at radius 3 is 2.33 bits per heavy atom. The third kappa shape index (κ3) is 4.98. The number of nitrogens with one attached hydrogen (secondary N) is 1. The van der Waals surface area contributed by atoms with Gasteiger partial charge in [0.1, 0.15) is 25.4 Å². The van der Waals surface area contributed by atoms with Crippen LogP contribution in [0.1, 0.15) is 24.3 Å². The standard InChI is InChI=1S/C23H27N3O4/c1-27-8-10-29-21-13-19-20(14-22(21)30-11-9-28-2)24-15-25-23(19)26-18-5-3-4-17(12-18)16-6-7-16/h3-5,12-16H,6-11H2,1-2H3,(H,24,25,26). The van der Waals surface area contributed by atoms with Gasteiger partial charge in [-0.3, -0.25) is 0 Å². The summed E-state index contributed by atoms with van der Waals surface area (Å²) in [5.74, 6) is 2.67. The Bertz CT molecular complexity index is 991. The summed E-state index contributed by atoms with van der Waals surface area (Å²) in [5.41, 5.74) is 3.16. The van der Waals surface area contributed by atoms with E-state index in [4.69, 9.17) is 18.9 Å². The van der Waals surface area contributed by atoms with Crippen molar-refractivity contribution in [2.45, 2.75) is 18.8 Å². The summed E-state index contributed by atoms with van der Waals surface area (Å²) in [6.45, 7) is 1.82. The molecule has 1 fully saturated rings. The van der Waals surface area contributed by atoms with Gasteiger partial charge in [0.2, 0.25) is 0 Å². The van der Waals surface area contributed by atoms with Crippen molar-refractivity contribution in [3.05, 3.63) is 48.3 Å². The van der Waals surface area contributed by atoms with Crippen molar-refractivity contribution in [3.63, 3.8) is 0 Å². The quantitative estimate of drug-likeness (QED) is 0.473. The SMILES string of the molecule is COCCOc1cc2ncnc(Nc3cccc(C4CC4)c3)c2cc1OCCOC. The Labute approximate surface area is 176 Å². The number of ether oxygens (including phenoxy) is 4. The molecule has 1 aliphatic rings. The summed E-state index contributed by atoms with van der Waals surface area (Å²) in [7, 11) is 3.29. The Hall–Kier alpha value is -2.90.